The topological polar surface area (TPSA) is 51.8 Å². The third-order valence-corrected chi connectivity index (χ3v) is 1.49. The van der Waals surface area contributed by atoms with Gasteiger partial charge in [-0.1, -0.05) is 13.8 Å². The molecule has 0 fully saturated rings. The van der Waals surface area contributed by atoms with Crippen LogP contribution in [0.2, 0.25) is 0 Å². The monoisotopic (exact) mass is 175 g/mol. The number of nitrogens with two attached hydrogens (primary N) is 1. The number of hydrogen-bond acceptors (Lipinski definition) is 3. The van der Waals surface area contributed by atoms with Crippen LogP contribution in [0.4, 0.5) is 5.82 Å². The van der Waals surface area contributed by atoms with Gasteiger partial charge in [-0.15, -0.1) is 0 Å². The second-order valence-electron chi connectivity index (χ2n) is 2.29. The third kappa shape index (κ3) is 2.15. The summed E-state index contributed by atoms with van der Waals surface area (Å²) in [6.45, 7) is 4.00. The number of rotatable bonds is 0. The molecule has 13 heavy (non-hydrogen) atoms. The van der Waals surface area contributed by atoms with E-state index in [0.29, 0.717) is 11.5 Å². The molecule has 0 unspecified atom stereocenters. The number of fused-ring (bicyclic) bond motifs is 1. The van der Waals surface area contributed by atoms with E-state index in [4.69, 9.17) is 5.73 Å². The number of aromatic nitrogens is 2. The maximum atomic E-state index is 5.47. The molecule has 3 heteroatoms. The summed E-state index contributed by atoms with van der Waals surface area (Å²) in [5.74, 6) is 0.510. The molecule has 0 radical (unpaired) electrons. The van der Waals surface area contributed by atoms with Gasteiger partial charge in [-0.25, -0.2) is 9.97 Å². The molecule has 0 aliphatic carbocycles. The Balaban J connectivity index is 0.000000396. The summed E-state index contributed by atoms with van der Waals surface area (Å²) in [5, 5.41) is 1.02. The lowest BCUT2D eigenvalue weighted by atomic mass is 10.3. The van der Waals surface area contributed by atoms with E-state index in [1.165, 1.54) is 0 Å². The molecule has 2 heterocycles. The van der Waals surface area contributed by atoms with E-state index in [2.05, 4.69) is 9.97 Å². The van der Waals surface area contributed by atoms with Gasteiger partial charge in [-0.05, 0) is 24.3 Å². The van der Waals surface area contributed by atoms with Crippen molar-refractivity contribution in [2.75, 3.05) is 5.73 Å². The average molecular weight is 175 g/mol. The van der Waals surface area contributed by atoms with E-state index < -0.39 is 0 Å². The summed E-state index contributed by atoms with van der Waals surface area (Å²) in [7, 11) is 0. The molecule has 0 saturated carbocycles. The van der Waals surface area contributed by atoms with Crippen molar-refractivity contribution in [1.29, 1.82) is 0 Å². The van der Waals surface area contributed by atoms with Crippen molar-refractivity contribution in [3.63, 3.8) is 0 Å². The molecule has 2 aromatic rings. The Bertz CT molecular complexity index is 385. The summed E-state index contributed by atoms with van der Waals surface area (Å²) in [6.07, 6.45) is 1.70. The Labute approximate surface area is 77.6 Å². The minimum Gasteiger partial charge on any atom is -0.384 e. The summed E-state index contributed by atoms with van der Waals surface area (Å²) in [6, 6.07) is 7.50. The average Bonchev–Trinajstić information content (AvgIpc) is 2.21. The largest absolute Gasteiger partial charge is 0.384 e. The molecule has 0 bridgehead atoms. The maximum Gasteiger partial charge on any atom is 0.161 e. The van der Waals surface area contributed by atoms with Crippen molar-refractivity contribution in [3.8, 4) is 0 Å². The smallest absolute Gasteiger partial charge is 0.161 e. The predicted molar refractivity (Wildman–Crippen MR) is 55.3 cm³/mol. The van der Waals surface area contributed by atoms with Gasteiger partial charge in [0.15, 0.2) is 5.65 Å². The quantitative estimate of drug-likeness (QED) is 0.668. The number of hydrogen-bond donors (Lipinski definition) is 1. The molecule has 0 atom stereocenters. The van der Waals surface area contributed by atoms with Crippen LogP contribution in [-0.2, 0) is 0 Å². The lowest BCUT2D eigenvalue weighted by Crippen LogP contribution is -1.90. The van der Waals surface area contributed by atoms with Crippen molar-refractivity contribution in [2.45, 2.75) is 13.8 Å². The minimum atomic E-state index is 0.510. The van der Waals surface area contributed by atoms with Crippen LogP contribution in [0, 0.1) is 0 Å². The molecule has 3 nitrogen and oxygen atoms in total. The highest BCUT2D eigenvalue weighted by atomic mass is 14.9. The van der Waals surface area contributed by atoms with Crippen LogP contribution in [0.15, 0.2) is 30.5 Å². The number of anilines is 1. The van der Waals surface area contributed by atoms with Crippen molar-refractivity contribution in [2.24, 2.45) is 0 Å². The van der Waals surface area contributed by atoms with Gasteiger partial charge in [0.05, 0.1) is 0 Å². The summed E-state index contributed by atoms with van der Waals surface area (Å²) in [4.78, 5) is 8.09. The fourth-order valence-corrected chi connectivity index (χ4v) is 0.968. The lowest BCUT2D eigenvalue weighted by Gasteiger charge is -1.94. The second kappa shape index (κ2) is 4.40. The van der Waals surface area contributed by atoms with Crippen LogP contribution in [0.25, 0.3) is 11.0 Å². The molecule has 0 spiro atoms. The second-order valence-corrected chi connectivity index (χ2v) is 2.29. The van der Waals surface area contributed by atoms with Crippen LogP contribution < -0.4 is 5.73 Å². The van der Waals surface area contributed by atoms with Crippen LogP contribution in [0.3, 0.4) is 0 Å². The third-order valence-electron chi connectivity index (χ3n) is 1.49. The standard InChI is InChI=1S/C8H7N3.C2H6/c9-7-4-3-6-2-1-5-10-8(6)11-7;1-2/h1-5H,(H2,9,10,11);1-2H3. The first kappa shape index (κ1) is 9.45. The van der Waals surface area contributed by atoms with Gasteiger partial charge in [0.1, 0.15) is 5.82 Å². The Kier molecular flexibility index (Phi) is 3.20. The zero-order valence-electron chi connectivity index (χ0n) is 7.86. The highest BCUT2D eigenvalue weighted by Crippen LogP contribution is 2.09. The first-order chi connectivity index (χ1) is 6.36. The predicted octanol–water partition coefficient (Wildman–Crippen LogP) is 2.24. The fourth-order valence-electron chi connectivity index (χ4n) is 0.968. The Morgan fingerprint density at radius 2 is 1.92 bits per heavy atom. The molecule has 0 aliphatic rings. The first-order valence-electron chi connectivity index (χ1n) is 4.33. The van der Waals surface area contributed by atoms with Crippen molar-refractivity contribution in [3.05, 3.63) is 30.5 Å². The summed E-state index contributed by atoms with van der Waals surface area (Å²) < 4.78 is 0. The fraction of sp³-hybridized carbons (Fsp3) is 0.200. The minimum absolute atomic E-state index is 0.510. The van der Waals surface area contributed by atoms with E-state index >= 15 is 0 Å². The number of nitrogens with zero attached hydrogens (tertiary/aromatic N) is 2. The lowest BCUT2D eigenvalue weighted by molar-refractivity contribution is 1.29. The van der Waals surface area contributed by atoms with Gasteiger partial charge in [-0.2, -0.15) is 0 Å². The van der Waals surface area contributed by atoms with Crippen LogP contribution >= 0.6 is 0 Å². The molecule has 2 rings (SSSR count). The first-order valence-corrected chi connectivity index (χ1v) is 4.33. The van der Waals surface area contributed by atoms with Gasteiger partial charge >= 0.3 is 0 Å². The molecular weight excluding hydrogens is 162 g/mol. The zero-order valence-corrected chi connectivity index (χ0v) is 7.86. The van der Waals surface area contributed by atoms with Gasteiger partial charge in [0, 0.05) is 11.6 Å². The van der Waals surface area contributed by atoms with Crippen molar-refractivity contribution in [1.82, 2.24) is 9.97 Å². The highest BCUT2D eigenvalue weighted by molar-refractivity contribution is 5.75. The molecule has 0 saturated heterocycles. The van der Waals surface area contributed by atoms with Gasteiger partial charge < -0.3 is 5.73 Å². The maximum absolute atomic E-state index is 5.47. The highest BCUT2D eigenvalue weighted by Gasteiger charge is 1.92. The Morgan fingerprint density at radius 1 is 1.15 bits per heavy atom. The van der Waals surface area contributed by atoms with Crippen molar-refractivity contribution >= 4 is 16.9 Å². The van der Waals surface area contributed by atoms with Crippen LogP contribution in [0.5, 0.6) is 0 Å². The van der Waals surface area contributed by atoms with E-state index in [-0.39, 0.29) is 0 Å². The molecule has 68 valence electrons. The molecule has 0 amide bonds. The van der Waals surface area contributed by atoms with Gasteiger partial charge in [-0.3, -0.25) is 0 Å². The molecule has 0 aromatic carbocycles. The van der Waals surface area contributed by atoms with Crippen molar-refractivity contribution < 1.29 is 0 Å². The zero-order chi connectivity index (χ0) is 9.68. The molecule has 2 N–H and O–H groups in total. The normalized spacial score (nSPS) is 9.08. The summed E-state index contributed by atoms with van der Waals surface area (Å²) >= 11 is 0. The SMILES string of the molecule is CC.Nc1ccc2cccnc2n1. The van der Waals surface area contributed by atoms with E-state index in [0.717, 1.165) is 5.39 Å². The van der Waals surface area contributed by atoms with E-state index in [1.54, 1.807) is 12.3 Å². The van der Waals surface area contributed by atoms with Gasteiger partial charge in [0.25, 0.3) is 0 Å². The van der Waals surface area contributed by atoms with Crippen LogP contribution in [0.1, 0.15) is 13.8 Å². The van der Waals surface area contributed by atoms with Crippen LogP contribution in [-0.4, -0.2) is 9.97 Å². The van der Waals surface area contributed by atoms with E-state index in [9.17, 15) is 0 Å². The molecule has 2 aromatic heterocycles. The van der Waals surface area contributed by atoms with Gasteiger partial charge in [0.2, 0.25) is 0 Å². The number of nitrogen functional groups attached to an aromatic ring is 1. The number of pyridine rings is 2. The summed E-state index contributed by atoms with van der Waals surface area (Å²) in [5.41, 5.74) is 6.17. The Morgan fingerprint density at radius 3 is 2.69 bits per heavy atom. The molecular formula is C10H13N3. The molecule has 0 aliphatic heterocycles. The Hall–Kier alpha value is -1.64. The van der Waals surface area contributed by atoms with E-state index in [1.807, 2.05) is 32.0 Å².